The van der Waals surface area contributed by atoms with Crippen molar-refractivity contribution in [2.45, 2.75) is 0 Å². The van der Waals surface area contributed by atoms with E-state index in [9.17, 15) is 0 Å². The number of hydrogen-bond donors (Lipinski definition) is 0. The lowest BCUT2D eigenvalue weighted by Gasteiger charge is -2.12. The average molecular weight is 708 g/mol. The molecule has 0 aliphatic carbocycles. The second-order valence-corrected chi connectivity index (χ2v) is 14.7. The van der Waals surface area contributed by atoms with E-state index in [0.29, 0.717) is 17.5 Å². The number of furan rings is 1. The van der Waals surface area contributed by atoms with E-state index in [1.165, 1.54) is 14.8 Å². The average Bonchev–Trinajstić information content (AvgIpc) is 3.81. The number of fused-ring (bicyclic) bond motifs is 7. The monoisotopic (exact) mass is 707 g/mol. The highest BCUT2D eigenvalue weighted by Crippen LogP contribution is 2.43. The number of nitrogens with zero attached hydrogens (tertiary/aromatic N) is 3. The third kappa shape index (κ3) is 5.09. The number of benzene rings is 8. The SMILES string of the molecule is c1ccc(-c2ccc(-c3nc(-c4cc(-c5ccccc5)cc5oc6cc7ccccc7cc6c45)nc(-c4cccc5sc6ccccc6c45)n3)cc2)cc1. The van der Waals surface area contributed by atoms with Crippen LogP contribution in [0, 0.1) is 0 Å². The molecule has 54 heavy (non-hydrogen) atoms. The van der Waals surface area contributed by atoms with Crippen molar-refractivity contribution in [3.63, 3.8) is 0 Å². The number of rotatable bonds is 5. The van der Waals surface area contributed by atoms with Gasteiger partial charge in [-0.25, -0.2) is 15.0 Å². The van der Waals surface area contributed by atoms with E-state index in [1.54, 1.807) is 11.3 Å². The summed E-state index contributed by atoms with van der Waals surface area (Å²) in [6.45, 7) is 0. The van der Waals surface area contributed by atoms with Gasteiger partial charge in [0.15, 0.2) is 17.5 Å². The Balaban J connectivity index is 1.21. The minimum absolute atomic E-state index is 0.595. The largest absolute Gasteiger partial charge is 0.456 e. The lowest BCUT2D eigenvalue weighted by molar-refractivity contribution is 0.669. The first-order valence-electron chi connectivity index (χ1n) is 18.0. The van der Waals surface area contributed by atoms with Crippen LogP contribution in [-0.2, 0) is 0 Å². The van der Waals surface area contributed by atoms with Gasteiger partial charge in [0.1, 0.15) is 11.2 Å². The van der Waals surface area contributed by atoms with Crippen LogP contribution in [-0.4, -0.2) is 15.0 Å². The van der Waals surface area contributed by atoms with E-state index in [4.69, 9.17) is 19.4 Å². The molecule has 0 bridgehead atoms. The van der Waals surface area contributed by atoms with Gasteiger partial charge in [-0.05, 0) is 69.4 Å². The highest BCUT2D eigenvalue weighted by Gasteiger charge is 2.22. The molecule has 11 aromatic rings. The topological polar surface area (TPSA) is 51.8 Å². The van der Waals surface area contributed by atoms with Crippen LogP contribution in [0.2, 0.25) is 0 Å². The summed E-state index contributed by atoms with van der Waals surface area (Å²) in [5, 5.41) is 6.65. The molecule has 0 radical (unpaired) electrons. The van der Waals surface area contributed by atoms with Crippen LogP contribution in [0.1, 0.15) is 0 Å². The molecule has 0 unspecified atom stereocenters. The van der Waals surface area contributed by atoms with Crippen molar-refractivity contribution < 1.29 is 4.42 Å². The minimum atomic E-state index is 0.595. The summed E-state index contributed by atoms with van der Waals surface area (Å²) in [7, 11) is 0. The predicted octanol–water partition coefficient (Wildman–Crippen LogP) is 13.6. The van der Waals surface area contributed by atoms with Crippen molar-refractivity contribution in [1.29, 1.82) is 0 Å². The normalized spacial score (nSPS) is 11.7. The van der Waals surface area contributed by atoms with Crippen LogP contribution in [0.5, 0.6) is 0 Å². The van der Waals surface area contributed by atoms with E-state index in [-0.39, 0.29) is 0 Å². The summed E-state index contributed by atoms with van der Waals surface area (Å²) in [5.41, 5.74) is 8.83. The Morgan fingerprint density at radius 2 is 0.944 bits per heavy atom. The van der Waals surface area contributed by atoms with Crippen LogP contribution in [0.25, 0.3) is 109 Å². The first-order chi connectivity index (χ1) is 26.7. The molecule has 8 aromatic carbocycles. The van der Waals surface area contributed by atoms with Gasteiger partial charge >= 0.3 is 0 Å². The summed E-state index contributed by atoms with van der Waals surface area (Å²) in [5.74, 6) is 1.84. The first-order valence-corrected chi connectivity index (χ1v) is 18.8. The molecule has 5 heteroatoms. The smallest absolute Gasteiger partial charge is 0.164 e. The van der Waals surface area contributed by atoms with Crippen molar-refractivity contribution >= 4 is 64.2 Å². The third-order valence-corrected chi connectivity index (χ3v) is 11.5. The van der Waals surface area contributed by atoms with Crippen molar-refractivity contribution in [2.24, 2.45) is 0 Å². The highest BCUT2D eigenvalue weighted by molar-refractivity contribution is 7.25. The molecule has 11 rings (SSSR count). The summed E-state index contributed by atoms with van der Waals surface area (Å²) in [6, 6.07) is 61.5. The first kappa shape index (κ1) is 30.7. The van der Waals surface area contributed by atoms with E-state index >= 15 is 0 Å². The molecule has 252 valence electrons. The maximum atomic E-state index is 6.70. The van der Waals surface area contributed by atoms with Crippen molar-refractivity contribution in [3.8, 4) is 56.4 Å². The highest BCUT2D eigenvalue weighted by atomic mass is 32.1. The fraction of sp³-hybridized carbons (Fsp3) is 0. The van der Waals surface area contributed by atoms with E-state index < -0.39 is 0 Å². The van der Waals surface area contributed by atoms with Gasteiger partial charge in [-0.2, -0.15) is 0 Å². The van der Waals surface area contributed by atoms with E-state index in [0.717, 1.165) is 77.0 Å². The van der Waals surface area contributed by atoms with Crippen LogP contribution >= 0.6 is 11.3 Å². The summed E-state index contributed by atoms with van der Waals surface area (Å²) >= 11 is 1.79. The maximum Gasteiger partial charge on any atom is 0.164 e. The Morgan fingerprint density at radius 3 is 1.72 bits per heavy atom. The van der Waals surface area contributed by atoms with Gasteiger partial charge < -0.3 is 4.42 Å². The maximum absolute atomic E-state index is 6.70. The summed E-state index contributed by atoms with van der Waals surface area (Å²) < 4.78 is 9.13. The molecule has 4 nitrogen and oxygen atoms in total. The Kier molecular flexibility index (Phi) is 7.00. The Hall–Kier alpha value is -6.95. The molecule has 0 spiro atoms. The van der Waals surface area contributed by atoms with E-state index in [1.807, 2.05) is 12.1 Å². The van der Waals surface area contributed by atoms with Gasteiger partial charge in [-0.3, -0.25) is 0 Å². The molecule has 0 saturated heterocycles. The van der Waals surface area contributed by atoms with Crippen molar-refractivity contribution in [2.75, 3.05) is 0 Å². The Bertz CT molecular complexity index is 3200. The molecule has 0 aliphatic heterocycles. The van der Waals surface area contributed by atoms with Gasteiger partial charge in [0.2, 0.25) is 0 Å². The number of aromatic nitrogens is 3. The van der Waals surface area contributed by atoms with Crippen molar-refractivity contribution in [3.05, 3.63) is 176 Å². The van der Waals surface area contributed by atoms with Crippen LogP contribution < -0.4 is 0 Å². The lowest BCUT2D eigenvalue weighted by atomic mass is 9.97. The zero-order valence-electron chi connectivity index (χ0n) is 28.9. The molecular weight excluding hydrogens is 679 g/mol. The van der Waals surface area contributed by atoms with E-state index in [2.05, 4.69) is 164 Å². The van der Waals surface area contributed by atoms with Gasteiger partial charge in [0, 0.05) is 47.6 Å². The molecule has 3 heterocycles. The fourth-order valence-corrected chi connectivity index (χ4v) is 8.85. The number of thiophene rings is 1. The molecular formula is C49H29N3OS. The minimum Gasteiger partial charge on any atom is -0.456 e. The second kappa shape index (κ2) is 12.3. The van der Waals surface area contributed by atoms with Gasteiger partial charge in [-0.1, -0.05) is 140 Å². The zero-order valence-corrected chi connectivity index (χ0v) is 29.7. The van der Waals surface area contributed by atoms with Crippen molar-refractivity contribution in [1.82, 2.24) is 15.0 Å². The lowest BCUT2D eigenvalue weighted by Crippen LogP contribution is -2.01. The van der Waals surface area contributed by atoms with Crippen LogP contribution in [0.3, 0.4) is 0 Å². The second-order valence-electron chi connectivity index (χ2n) is 13.6. The molecule has 0 atom stereocenters. The molecule has 3 aromatic heterocycles. The van der Waals surface area contributed by atoms with Gasteiger partial charge in [-0.15, -0.1) is 11.3 Å². The molecule has 0 saturated carbocycles. The molecule has 0 N–H and O–H groups in total. The summed E-state index contributed by atoms with van der Waals surface area (Å²) in [4.78, 5) is 15.9. The summed E-state index contributed by atoms with van der Waals surface area (Å²) in [6.07, 6.45) is 0. The standard InChI is InChI=1S/C49H29N3OS/c1-3-12-30(13-4-1)32-22-24-33(25-23-32)47-50-48(38-19-11-21-44-46(38)37-18-9-10-20-43(37)54-44)52-49(51-47)40-27-36(31-14-5-2-6-15-31)29-42-45(40)39-26-34-16-7-8-17-35(34)28-41(39)53-42/h1-29H. The Labute approximate surface area is 314 Å². The Morgan fingerprint density at radius 1 is 0.352 bits per heavy atom. The molecule has 0 fully saturated rings. The fourth-order valence-electron chi connectivity index (χ4n) is 7.71. The zero-order chi connectivity index (χ0) is 35.6. The van der Waals surface area contributed by atoms with Gasteiger partial charge in [0.05, 0.1) is 0 Å². The molecule has 0 aliphatic rings. The number of hydrogen-bond acceptors (Lipinski definition) is 5. The van der Waals surface area contributed by atoms with Crippen LogP contribution in [0.15, 0.2) is 180 Å². The predicted molar refractivity (Wildman–Crippen MR) is 225 cm³/mol. The quantitative estimate of drug-likeness (QED) is 0.179. The molecule has 0 amide bonds. The van der Waals surface area contributed by atoms with Gasteiger partial charge in [0.25, 0.3) is 0 Å². The third-order valence-electron chi connectivity index (χ3n) is 10.3. The van der Waals surface area contributed by atoms with Crippen LogP contribution in [0.4, 0.5) is 0 Å².